The van der Waals surface area contributed by atoms with E-state index in [1.807, 2.05) is 24.3 Å². The van der Waals surface area contributed by atoms with Gasteiger partial charge in [-0.05, 0) is 56.7 Å². The van der Waals surface area contributed by atoms with E-state index in [0.29, 0.717) is 6.61 Å². The summed E-state index contributed by atoms with van der Waals surface area (Å²) in [6.07, 6.45) is 0. The first-order valence-electron chi connectivity index (χ1n) is 6.74. The van der Waals surface area contributed by atoms with Gasteiger partial charge in [0.1, 0.15) is 12.4 Å². The fourth-order valence-corrected chi connectivity index (χ4v) is 3.11. The Kier molecular flexibility index (Phi) is 5.72. The molecule has 0 fully saturated rings. The molecular weight excluding hydrogens is 370 g/mol. The average molecular weight is 389 g/mol. The average Bonchev–Trinajstić information content (AvgIpc) is 2.81. The van der Waals surface area contributed by atoms with Crippen LogP contribution in [-0.4, -0.2) is 5.54 Å². The van der Waals surface area contributed by atoms with E-state index in [-0.39, 0.29) is 5.54 Å². The number of halogens is 2. The number of rotatable bonds is 5. The number of hydrogen-bond acceptors (Lipinski definition) is 3. The molecule has 2 rings (SSSR count). The highest BCUT2D eigenvalue weighted by molar-refractivity contribution is 9.10. The summed E-state index contributed by atoms with van der Waals surface area (Å²) in [5.41, 5.74) is 1.27. The Morgan fingerprint density at radius 1 is 1.24 bits per heavy atom. The van der Waals surface area contributed by atoms with E-state index in [4.69, 9.17) is 16.3 Å². The quantitative estimate of drug-likeness (QED) is 0.716. The molecule has 114 valence electrons. The van der Waals surface area contributed by atoms with Crippen LogP contribution >= 0.6 is 38.9 Å². The van der Waals surface area contributed by atoms with Gasteiger partial charge in [0.15, 0.2) is 0 Å². The van der Waals surface area contributed by atoms with Crippen LogP contribution < -0.4 is 10.1 Å². The van der Waals surface area contributed by atoms with Crippen molar-refractivity contribution in [2.75, 3.05) is 0 Å². The minimum Gasteiger partial charge on any atom is -0.488 e. The molecule has 2 nitrogen and oxygen atoms in total. The van der Waals surface area contributed by atoms with Crippen LogP contribution in [0.2, 0.25) is 4.34 Å². The van der Waals surface area contributed by atoms with Crippen LogP contribution in [0.4, 0.5) is 0 Å². The first-order chi connectivity index (χ1) is 9.83. The van der Waals surface area contributed by atoms with Gasteiger partial charge in [0.2, 0.25) is 0 Å². The first-order valence-corrected chi connectivity index (χ1v) is 8.73. The molecule has 0 aliphatic rings. The van der Waals surface area contributed by atoms with Crippen LogP contribution in [0.5, 0.6) is 5.75 Å². The van der Waals surface area contributed by atoms with Crippen molar-refractivity contribution in [3.63, 3.8) is 0 Å². The van der Waals surface area contributed by atoms with Crippen LogP contribution in [-0.2, 0) is 13.2 Å². The van der Waals surface area contributed by atoms with E-state index in [1.165, 1.54) is 5.56 Å². The molecule has 2 aromatic rings. The van der Waals surface area contributed by atoms with Crippen LogP contribution in [0.15, 0.2) is 34.8 Å². The summed E-state index contributed by atoms with van der Waals surface area (Å²) in [5, 5.41) is 3.48. The van der Waals surface area contributed by atoms with E-state index in [0.717, 1.165) is 26.0 Å². The third-order valence-corrected chi connectivity index (χ3v) is 4.81. The van der Waals surface area contributed by atoms with Crippen molar-refractivity contribution < 1.29 is 4.74 Å². The highest BCUT2D eigenvalue weighted by Crippen LogP contribution is 2.26. The molecule has 5 heteroatoms. The predicted octanol–water partition coefficient (Wildman–Crippen LogP) is 5.63. The molecule has 0 bridgehead atoms. The van der Waals surface area contributed by atoms with Crippen molar-refractivity contribution in [3.05, 3.63) is 49.6 Å². The zero-order valence-corrected chi connectivity index (χ0v) is 15.5. The van der Waals surface area contributed by atoms with Gasteiger partial charge in [-0.15, -0.1) is 11.3 Å². The summed E-state index contributed by atoms with van der Waals surface area (Å²) in [4.78, 5) is 1.12. The van der Waals surface area contributed by atoms with Crippen molar-refractivity contribution in [3.8, 4) is 5.75 Å². The topological polar surface area (TPSA) is 21.3 Å². The standard InChI is InChI=1S/C16H19BrClNOS/c1-16(2,3)19-9-11-8-12(4-6-14(11)17)20-10-13-5-7-15(18)21-13/h4-8,19H,9-10H2,1-3H3. The van der Waals surface area contributed by atoms with Crippen LogP contribution in [0.3, 0.4) is 0 Å². The monoisotopic (exact) mass is 387 g/mol. The van der Waals surface area contributed by atoms with Gasteiger partial charge in [-0.3, -0.25) is 0 Å². The Labute approximate surface area is 143 Å². The zero-order valence-electron chi connectivity index (χ0n) is 12.4. The molecule has 0 aliphatic carbocycles. The highest BCUT2D eigenvalue weighted by atomic mass is 79.9. The van der Waals surface area contributed by atoms with E-state index in [9.17, 15) is 0 Å². The molecule has 0 radical (unpaired) electrons. The maximum atomic E-state index is 5.92. The normalized spacial score (nSPS) is 11.7. The largest absolute Gasteiger partial charge is 0.488 e. The molecule has 0 atom stereocenters. The smallest absolute Gasteiger partial charge is 0.122 e. The van der Waals surface area contributed by atoms with Gasteiger partial charge in [0, 0.05) is 21.4 Å². The lowest BCUT2D eigenvalue weighted by molar-refractivity contribution is 0.309. The Bertz CT molecular complexity index is 607. The lowest BCUT2D eigenvalue weighted by atomic mass is 10.1. The molecule has 0 aliphatic heterocycles. The summed E-state index contributed by atoms with van der Waals surface area (Å²) < 4.78 is 7.72. The fourth-order valence-electron chi connectivity index (χ4n) is 1.72. The number of thiophene rings is 1. The summed E-state index contributed by atoms with van der Waals surface area (Å²) in [6, 6.07) is 9.95. The molecule has 1 heterocycles. The summed E-state index contributed by atoms with van der Waals surface area (Å²) in [7, 11) is 0. The van der Waals surface area contributed by atoms with Gasteiger partial charge in [-0.2, -0.15) is 0 Å². The molecule has 1 aromatic carbocycles. The third-order valence-electron chi connectivity index (χ3n) is 2.84. The molecule has 0 unspecified atom stereocenters. The molecule has 1 aromatic heterocycles. The van der Waals surface area contributed by atoms with E-state index in [1.54, 1.807) is 11.3 Å². The predicted molar refractivity (Wildman–Crippen MR) is 94.4 cm³/mol. The van der Waals surface area contributed by atoms with Crippen LogP contribution in [0, 0.1) is 0 Å². The maximum absolute atomic E-state index is 5.92. The molecule has 0 amide bonds. The minimum absolute atomic E-state index is 0.0873. The zero-order chi connectivity index (χ0) is 15.5. The van der Waals surface area contributed by atoms with E-state index in [2.05, 4.69) is 48.1 Å². The summed E-state index contributed by atoms with van der Waals surface area (Å²) in [5.74, 6) is 0.869. The second-order valence-corrected chi connectivity index (χ2v) is 8.51. The lowest BCUT2D eigenvalue weighted by Gasteiger charge is -2.21. The third kappa shape index (κ3) is 5.62. The van der Waals surface area contributed by atoms with Crippen molar-refractivity contribution in [1.82, 2.24) is 5.32 Å². The van der Waals surface area contributed by atoms with Crippen molar-refractivity contribution in [1.29, 1.82) is 0 Å². The Hall–Kier alpha value is -0.550. The molecule has 0 saturated heterocycles. The Balaban J connectivity index is 2.00. The van der Waals surface area contributed by atoms with Crippen LogP contribution in [0.25, 0.3) is 0 Å². The van der Waals surface area contributed by atoms with Gasteiger partial charge in [0.05, 0.1) is 4.34 Å². The first kappa shape index (κ1) is 16.8. The number of hydrogen-bond donors (Lipinski definition) is 1. The lowest BCUT2D eigenvalue weighted by Crippen LogP contribution is -2.35. The fraction of sp³-hybridized carbons (Fsp3) is 0.375. The van der Waals surface area contributed by atoms with Gasteiger partial charge in [0.25, 0.3) is 0 Å². The SMILES string of the molecule is CC(C)(C)NCc1cc(OCc2ccc(Cl)s2)ccc1Br. The van der Waals surface area contributed by atoms with Gasteiger partial charge in [-0.1, -0.05) is 27.5 Å². The van der Waals surface area contributed by atoms with Gasteiger partial charge < -0.3 is 10.1 Å². The second-order valence-electron chi connectivity index (χ2n) is 5.85. The number of benzene rings is 1. The number of nitrogens with one attached hydrogen (secondary N) is 1. The summed E-state index contributed by atoms with van der Waals surface area (Å²) in [6.45, 7) is 7.81. The Morgan fingerprint density at radius 3 is 2.62 bits per heavy atom. The van der Waals surface area contributed by atoms with E-state index >= 15 is 0 Å². The van der Waals surface area contributed by atoms with Crippen LogP contribution in [0.1, 0.15) is 31.2 Å². The molecule has 0 saturated carbocycles. The minimum atomic E-state index is 0.0873. The van der Waals surface area contributed by atoms with Crippen molar-refractivity contribution >= 4 is 38.9 Å². The van der Waals surface area contributed by atoms with Crippen molar-refractivity contribution in [2.45, 2.75) is 39.5 Å². The van der Waals surface area contributed by atoms with Gasteiger partial charge >= 0.3 is 0 Å². The second kappa shape index (κ2) is 7.14. The van der Waals surface area contributed by atoms with Crippen molar-refractivity contribution in [2.24, 2.45) is 0 Å². The molecule has 21 heavy (non-hydrogen) atoms. The summed E-state index contributed by atoms with van der Waals surface area (Å²) >= 11 is 11.1. The maximum Gasteiger partial charge on any atom is 0.122 e. The highest BCUT2D eigenvalue weighted by Gasteiger charge is 2.10. The van der Waals surface area contributed by atoms with E-state index < -0.39 is 0 Å². The van der Waals surface area contributed by atoms with Gasteiger partial charge in [-0.25, -0.2) is 0 Å². The molecule has 1 N–H and O–H groups in total. The Morgan fingerprint density at radius 2 is 2.00 bits per heavy atom. The molecular formula is C16H19BrClNOS. The molecule has 0 spiro atoms. The number of ether oxygens (including phenoxy) is 1.